The van der Waals surface area contributed by atoms with E-state index < -0.39 is 0 Å². The Bertz CT molecular complexity index is 233. The largest absolute Gasteiger partial charge is 0.496 e. The van der Waals surface area contributed by atoms with E-state index in [9.17, 15) is 0 Å². The minimum Gasteiger partial charge on any atom is -0.496 e. The van der Waals surface area contributed by atoms with Gasteiger partial charge in [0.1, 0.15) is 5.75 Å². The molecule has 74 valence electrons. The minimum atomic E-state index is 0.956. The lowest BCUT2D eigenvalue weighted by molar-refractivity contribution is 0.411. The second-order valence-electron chi connectivity index (χ2n) is 2.93. The molecule has 0 aromatic heterocycles. The third-order valence-corrected chi connectivity index (χ3v) is 1.31. The first kappa shape index (κ1) is 11.9. The van der Waals surface area contributed by atoms with E-state index in [1.54, 1.807) is 21.2 Å². The third kappa shape index (κ3) is 6.13. The van der Waals surface area contributed by atoms with Crippen molar-refractivity contribution in [1.82, 2.24) is 5.01 Å². The number of aryl methyl sites for hydroxylation is 1. The molecule has 1 aromatic carbocycles. The molecule has 3 nitrogen and oxygen atoms in total. The molecule has 1 aromatic rings. The summed E-state index contributed by atoms with van der Waals surface area (Å²) in [5, 5.41) is 1.50. The Morgan fingerprint density at radius 1 is 1.23 bits per heavy atom. The summed E-state index contributed by atoms with van der Waals surface area (Å²) in [5.41, 5.74) is 1.18. The summed E-state index contributed by atoms with van der Waals surface area (Å²) >= 11 is 0. The van der Waals surface area contributed by atoms with Gasteiger partial charge in [-0.3, -0.25) is 10.9 Å². The van der Waals surface area contributed by atoms with Crippen LogP contribution in [-0.2, 0) is 0 Å². The molecule has 0 amide bonds. The van der Waals surface area contributed by atoms with Crippen molar-refractivity contribution in [2.24, 2.45) is 5.84 Å². The molecule has 0 aliphatic heterocycles. The maximum atomic E-state index is 5.04. The van der Waals surface area contributed by atoms with E-state index in [0.29, 0.717) is 0 Å². The molecular formula is C10H18N2O. The Morgan fingerprint density at radius 2 is 1.69 bits per heavy atom. The summed E-state index contributed by atoms with van der Waals surface area (Å²) in [6.07, 6.45) is 0. The molecule has 0 fully saturated rings. The molecule has 13 heavy (non-hydrogen) atoms. The van der Waals surface area contributed by atoms with Crippen LogP contribution in [0.25, 0.3) is 0 Å². The van der Waals surface area contributed by atoms with Crippen molar-refractivity contribution in [3.05, 3.63) is 29.8 Å². The fraction of sp³-hybridized carbons (Fsp3) is 0.400. The third-order valence-electron chi connectivity index (χ3n) is 1.31. The summed E-state index contributed by atoms with van der Waals surface area (Å²) in [7, 11) is 5.24. The molecular weight excluding hydrogens is 164 g/mol. The van der Waals surface area contributed by atoms with Crippen LogP contribution in [0.15, 0.2) is 24.3 Å². The number of hydrazine groups is 1. The first-order valence-electron chi connectivity index (χ1n) is 4.09. The Kier molecular flexibility index (Phi) is 5.93. The lowest BCUT2D eigenvalue weighted by atomic mass is 10.2. The van der Waals surface area contributed by atoms with E-state index in [2.05, 4.69) is 0 Å². The number of rotatable bonds is 1. The number of ether oxygens (including phenoxy) is 1. The van der Waals surface area contributed by atoms with Gasteiger partial charge < -0.3 is 4.74 Å². The SMILES string of the molecule is CN(C)N.COc1ccccc1C. The van der Waals surface area contributed by atoms with Crippen LogP contribution in [0.5, 0.6) is 5.75 Å². The number of benzene rings is 1. The summed E-state index contributed by atoms with van der Waals surface area (Å²) in [4.78, 5) is 0. The standard InChI is InChI=1S/C8H10O.C2H8N2/c1-7-5-3-4-6-8(7)9-2;1-4(2)3/h3-6H,1-2H3;3H2,1-2H3. The highest BCUT2D eigenvalue weighted by Crippen LogP contribution is 2.14. The van der Waals surface area contributed by atoms with Gasteiger partial charge in [-0.1, -0.05) is 18.2 Å². The molecule has 2 N–H and O–H groups in total. The molecule has 0 aliphatic carbocycles. The van der Waals surface area contributed by atoms with Gasteiger partial charge in [-0.05, 0) is 18.6 Å². The molecule has 0 atom stereocenters. The van der Waals surface area contributed by atoms with Crippen molar-refractivity contribution >= 4 is 0 Å². The maximum absolute atomic E-state index is 5.04. The molecule has 0 bridgehead atoms. The molecule has 0 spiro atoms. The average molecular weight is 182 g/mol. The van der Waals surface area contributed by atoms with Crippen molar-refractivity contribution in [2.75, 3.05) is 21.2 Å². The normalized spacial score (nSPS) is 9.08. The number of nitrogens with two attached hydrogens (primary N) is 1. The van der Waals surface area contributed by atoms with Crippen LogP contribution in [0.1, 0.15) is 5.56 Å². The molecule has 3 heteroatoms. The van der Waals surface area contributed by atoms with E-state index in [4.69, 9.17) is 10.6 Å². The van der Waals surface area contributed by atoms with Crippen LogP contribution < -0.4 is 10.6 Å². The summed E-state index contributed by atoms with van der Waals surface area (Å²) < 4.78 is 5.04. The first-order valence-corrected chi connectivity index (χ1v) is 4.09. The van der Waals surface area contributed by atoms with E-state index in [0.717, 1.165) is 5.75 Å². The minimum absolute atomic E-state index is 0.956. The number of nitrogens with zero attached hydrogens (tertiary/aromatic N) is 1. The van der Waals surface area contributed by atoms with Crippen molar-refractivity contribution in [3.8, 4) is 5.75 Å². The van der Waals surface area contributed by atoms with Gasteiger partial charge in [0.25, 0.3) is 0 Å². The fourth-order valence-corrected chi connectivity index (χ4v) is 0.785. The Morgan fingerprint density at radius 3 is 2.00 bits per heavy atom. The van der Waals surface area contributed by atoms with Gasteiger partial charge in [0.05, 0.1) is 7.11 Å². The predicted octanol–water partition coefficient (Wildman–Crippen LogP) is 1.43. The van der Waals surface area contributed by atoms with Gasteiger partial charge in [-0.2, -0.15) is 0 Å². The van der Waals surface area contributed by atoms with E-state index in [1.165, 1.54) is 10.6 Å². The summed E-state index contributed by atoms with van der Waals surface area (Å²) in [6.45, 7) is 2.03. The van der Waals surface area contributed by atoms with Crippen molar-refractivity contribution in [1.29, 1.82) is 0 Å². The molecule has 0 saturated carbocycles. The average Bonchev–Trinajstić information content (AvgIpc) is 2.04. The van der Waals surface area contributed by atoms with Crippen molar-refractivity contribution in [2.45, 2.75) is 6.92 Å². The zero-order chi connectivity index (χ0) is 10.3. The first-order chi connectivity index (χ1) is 6.07. The molecule has 1 rings (SSSR count). The molecule has 0 unspecified atom stereocenters. The second-order valence-corrected chi connectivity index (χ2v) is 2.93. The predicted molar refractivity (Wildman–Crippen MR) is 55.6 cm³/mol. The van der Waals surface area contributed by atoms with Gasteiger partial charge in [0, 0.05) is 14.1 Å². The van der Waals surface area contributed by atoms with Gasteiger partial charge >= 0.3 is 0 Å². The van der Waals surface area contributed by atoms with E-state index >= 15 is 0 Å². The molecule has 0 aliphatic rings. The van der Waals surface area contributed by atoms with Gasteiger partial charge in [0.2, 0.25) is 0 Å². The van der Waals surface area contributed by atoms with Crippen LogP contribution in [0.2, 0.25) is 0 Å². The van der Waals surface area contributed by atoms with Crippen molar-refractivity contribution < 1.29 is 4.74 Å². The van der Waals surface area contributed by atoms with Crippen LogP contribution in [0, 0.1) is 6.92 Å². The zero-order valence-electron chi connectivity index (χ0n) is 8.74. The van der Waals surface area contributed by atoms with Gasteiger partial charge in [-0.25, -0.2) is 0 Å². The van der Waals surface area contributed by atoms with Gasteiger partial charge in [0.15, 0.2) is 0 Å². The zero-order valence-corrected chi connectivity index (χ0v) is 8.74. The number of para-hydroxylation sites is 1. The van der Waals surface area contributed by atoms with Crippen LogP contribution >= 0.6 is 0 Å². The Labute approximate surface area is 80.1 Å². The van der Waals surface area contributed by atoms with Crippen LogP contribution in [-0.4, -0.2) is 26.2 Å². The smallest absolute Gasteiger partial charge is 0.121 e. The van der Waals surface area contributed by atoms with E-state index in [-0.39, 0.29) is 0 Å². The highest BCUT2D eigenvalue weighted by molar-refractivity contribution is 5.31. The highest BCUT2D eigenvalue weighted by Gasteiger charge is 1.90. The Hall–Kier alpha value is -1.06. The Balaban J connectivity index is 0.000000310. The summed E-state index contributed by atoms with van der Waals surface area (Å²) in [5.74, 6) is 5.90. The van der Waals surface area contributed by atoms with Crippen molar-refractivity contribution in [3.63, 3.8) is 0 Å². The summed E-state index contributed by atoms with van der Waals surface area (Å²) in [6, 6.07) is 7.94. The maximum Gasteiger partial charge on any atom is 0.121 e. The van der Waals surface area contributed by atoms with Gasteiger partial charge in [-0.15, -0.1) is 0 Å². The number of hydrogen-bond acceptors (Lipinski definition) is 3. The van der Waals surface area contributed by atoms with Crippen LogP contribution in [0.3, 0.4) is 0 Å². The lowest BCUT2D eigenvalue weighted by Crippen LogP contribution is -2.18. The quantitative estimate of drug-likeness (QED) is 0.527. The fourth-order valence-electron chi connectivity index (χ4n) is 0.785. The second kappa shape index (κ2) is 6.46. The molecule has 0 radical (unpaired) electrons. The number of methoxy groups -OCH3 is 1. The van der Waals surface area contributed by atoms with E-state index in [1.807, 2.05) is 31.2 Å². The monoisotopic (exact) mass is 182 g/mol. The lowest BCUT2D eigenvalue weighted by Gasteiger charge is -2.00. The van der Waals surface area contributed by atoms with Crippen LogP contribution in [0.4, 0.5) is 0 Å². The molecule has 0 saturated heterocycles. The number of hydrogen-bond donors (Lipinski definition) is 1. The topological polar surface area (TPSA) is 38.5 Å². The molecule has 0 heterocycles. The highest BCUT2D eigenvalue weighted by atomic mass is 16.5.